The van der Waals surface area contributed by atoms with Crippen molar-refractivity contribution in [3.8, 4) is 5.75 Å². The monoisotopic (exact) mass is 185 g/mol. The molecule has 0 spiro atoms. The minimum Gasteiger partial charge on any atom is -0.505 e. The second-order valence-electron chi connectivity index (χ2n) is 2.53. The van der Waals surface area contributed by atoms with E-state index in [2.05, 4.69) is 0 Å². The summed E-state index contributed by atoms with van der Waals surface area (Å²) in [7, 11) is 0. The Balaban J connectivity index is 3.03. The zero-order valence-corrected chi connectivity index (χ0v) is 6.57. The van der Waals surface area contributed by atoms with Crippen LogP contribution in [0.25, 0.3) is 0 Å². The van der Waals surface area contributed by atoms with Gasteiger partial charge in [0.05, 0.1) is 0 Å². The highest BCUT2D eigenvalue weighted by molar-refractivity contribution is 5.75. The Morgan fingerprint density at radius 1 is 1.54 bits per heavy atom. The van der Waals surface area contributed by atoms with Crippen molar-refractivity contribution in [2.75, 3.05) is 0 Å². The Labute approximate surface area is 73.4 Å². The normalized spacial score (nSPS) is 12.5. The van der Waals surface area contributed by atoms with Crippen LogP contribution in [0.3, 0.4) is 0 Å². The molecule has 0 aliphatic rings. The van der Waals surface area contributed by atoms with Crippen molar-refractivity contribution >= 4 is 5.97 Å². The molecule has 4 N–H and O–H groups in total. The van der Waals surface area contributed by atoms with Gasteiger partial charge in [0.15, 0.2) is 11.6 Å². The number of carboxylic acid groups (broad SMARTS) is 1. The topological polar surface area (TPSA) is 83.6 Å². The van der Waals surface area contributed by atoms with Crippen LogP contribution in [0.5, 0.6) is 5.75 Å². The van der Waals surface area contributed by atoms with Crippen LogP contribution in [0.4, 0.5) is 4.39 Å². The van der Waals surface area contributed by atoms with E-state index in [1.54, 1.807) is 0 Å². The molecular formula is C8H8FNO3. The summed E-state index contributed by atoms with van der Waals surface area (Å²) in [4.78, 5) is 10.4. The van der Waals surface area contributed by atoms with Crippen molar-refractivity contribution in [3.05, 3.63) is 29.6 Å². The Kier molecular flexibility index (Phi) is 2.48. The molecule has 0 aliphatic heterocycles. The first kappa shape index (κ1) is 9.47. The lowest BCUT2D eigenvalue weighted by Gasteiger charge is -2.06. The van der Waals surface area contributed by atoms with Gasteiger partial charge >= 0.3 is 5.97 Å². The van der Waals surface area contributed by atoms with E-state index in [1.165, 1.54) is 6.07 Å². The molecule has 1 aromatic rings. The number of hydrogen-bond donors (Lipinski definition) is 3. The highest BCUT2D eigenvalue weighted by atomic mass is 19.1. The molecule has 0 bridgehead atoms. The largest absolute Gasteiger partial charge is 0.505 e. The molecule has 0 aliphatic carbocycles. The molecule has 0 saturated carbocycles. The summed E-state index contributed by atoms with van der Waals surface area (Å²) in [6.45, 7) is 0. The van der Waals surface area contributed by atoms with Gasteiger partial charge in [0.25, 0.3) is 0 Å². The van der Waals surface area contributed by atoms with Gasteiger partial charge in [-0.15, -0.1) is 0 Å². The second kappa shape index (κ2) is 3.40. The average molecular weight is 185 g/mol. The fourth-order valence-electron chi connectivity index (χ4n) is 0.859. The lowest BCUT2D eigenvalue weighted by Crippen LogP contribution is -2.20. The summed E-state index contributed by atoms with van der Waals surface area (Å²) in [5, 5.41) is 17.3. The average Bonchev–Trinajstić information content (AvgIpc) is 2.08. The third-order valence-corrected chi connectivity index (χ3v) is 1.60. The molecule has 13 heavy (non-hydrogen) atoms. The minimum absolute atomic E-state index is 0.114. The molecule has 1 unspecified atom stereocenters. The molecule has 1 rings (SSSR count). The Bertz CT molecular complexity index is 340. The molecule has 0 fully saturated rings. The van der Waals surface area contributed by atoms with Crippen LogP contribution in [-0.2, 0) is 4.79 Å². The van der Waals surface area contributed by atoms with Crippen molar-refractivity contribution in [2.45, 2.75) is 6.04 Å². The number of phenolic OH excluding ortho intramolecular Hbond substituents is 1. The van der Waals surface area contributed by atoms with Crippen molar-refractivity contribution in [1.29, 1.82) is 0 Å². The van der Waals surface area contributed by atoms with E-state index in [9.17, 15) is 9.18 Å². The zero-order valence-electron chi connectivity index (χ0n) is 6.57. The van der Waals surface area contributed by atoms with Crippen LogP contribution in [-0.4, -0.2) is 16.2 Å². The maximum absolute atomic E-state index is 12.7. The predicted molar refractivity (Wildman–Crippen MR) is 42.6 cm³/mol. The van der Waals surface area contributed by atoms with Gasteiger partial charge in [0.2, 0.25) is 0 Å². The molecular weight excluding hydrogens is 177 g/mol. The minimum atomic E-state index is -1.27. The Hall–Kier alpha value is -1.62. The molecule has 0 saturated heterocycles. The third kappa shape index (κ3) is 1.94. The van der Waals surface area contributed by atoms with Crippen molar-refractivity contribution < 1.29 is 19.4 Å². The fourth-order valence-corrected chi connectivity index (χ4v) is 0.859. The Morgan fingerprint density at radius 3 is 2.62 bits per heavy atom. The number of benzene rings is 1. The van der Waals surface area contributed by atoms with Crippen LogP contribution in [0.15, 0.2) is 18.2 Å². The molecule has 1 atom stereocenters. The first-order valence-electron chi connectivity index (χ1n) is 3.49. The molecule has 0 aromatic heterocycles. The number of aliphatic carboxylic acids is 1. The number of nitrogens with two attached hydrogens (primary N) is 1. The van der Waals surface area contributed by atoms with E-state index in [0.717, 1.165) is 12.1 Å². The van der Waals surface area contributed by atoms with Gasteiger partial charge in [0, 0.05) is 0 Å². The van der Waals surface area contributed by atoms with E-state index in [-0.39, 0.29) is 5.56 Å². The molecule has 1 aromatic carbocycles. The van der Waals surface area contributed by atoms with Gasteiger partial charge in [0.1, 0.15) is 6.04 Å². The lowest BCUT2D eigenvalue weighted by molar-refractivity contribution is -0.138. The number of phenols is 1. The van der Waals surface area contributed by atoms with E-state index in [1.807, 2.05) is 0 Å². The van der Waals surface area contributed by atoms with Crippen molar-refractivity contribution in [3.63, 3.8) is 0 Å². The summed E-state index contributed by atoms with van der Waals surface area (Å²) in [5.41, 5.74) is 5.32. The van der Waals surface area contributed by atoms with Crippen LogP contribution in [0.1, 0.15) is 11.6 Å². The van der Waals surface area contributed by atoms with E-state index in [4.69, 9.17) is 15.9 Å². The van der Waals surface area contributed by atoms with Crippen molar-refractivity contribution in [1.82, 2.24) is 0 Å². The summed E-state index contributed by atoms with van der Waals surface area (Å²) < 4.78 is 12.7. The number of aromatic hydroxyl groups is 1. The summed E-state index contributed by atoms with van der Waals surface area (Å²) >= 11 is 0. The fraction of sp³-hybridized carbons (Fsp3) is 0.125. The molecule has 5 heteroatoms. The van der Waals surface area contributed by atoms with Crippen LogP contribution < -0.4 is 5.73 Å². The van der Waals surface area contributed by atoms with E-state index < -0.39 is 23.6 Å². The first-order chi connectivity index (χ1) is 6.02. The smallest absolute Gasteiger partial charge is 0.325 e. The van der Waals surface area contributed by atoms with Gasteiger partial charge < -0.3 is 15.9 Å². The number of carboxylic acids is 1. The van der Waals surface area contributed by atoms with Gasteiger partial charge in [-0.1, -0.05) is 6.07 Å². The van der Waals surface area contributed by atoms with Gasteiger partial charge in [-0.3, -0.25) is 4.79 Å². The van der Waals surface area contributed by atoms with Gasteiger partial charge in [-0.25, -0.2) is 4.39 Å². The lowest BCUT2D eigenvalue weighted by atomic mass is 10.1. The maximum Gasteiger partial charge on any atom is 0.325 e. The summed E-state index contributed by atoms with van der Waals surface area (Å²) in [6.07, 6.45) is 0. The SMILES string of the molecule is NC(C(=O)O)c1ccc(O)c(F)c1. The standard InChI is InChI=1S/C8H8FNO3/c9-5-3-4(1-2-6(5)11)7(10)8(12)13/h1-3,7,11H,10H2,(H,12,13). The van der Waals surface area contributed by atoms with Crippen LogP contribution in [0, 0.1) is 5.82 Å². The quantitative estimate of drug-likeness (QED) is 0.630. The molecule has 0 amide bonds. The van der Waals surface area contributed by atoms with Gasteiger partial charge in [-0.2, -0.15) is 0 Å². The molecule has 0 radical (unpaired) electrons. The number of halogens is 1. The Morgan fingerprint density at radius 2 is 2.15 bits per heavy atom. The van der Waals surface area contributed by atoms with E-state index >= 15 is 0 Å². The third-order valence-electron chi connectivity index (χ3n) is 1.60. The summed E-state index contributed by atoms with van der Waals surface area (Å²) in [5.74, 6) is -2.65. The first-order valence-corrected chi connectivity index (χ1v) is 3.49. The van der Waals surface area contributed by atoms with Gasteiger partial charge in [-0.05, 0) is 17.7 Å². The maximum atomic E-state index is 12.7. The van der Waals surface area contributed by atoms with E-state index in [0.29, 0.717) is 0 Å². The number of carbonyl (C=O) groups is 1. The highest BCUT2D eigenvalue weighted by Crippen LogP contribution is 2.19. The highest BCUT2D eigenvalue weighted by Gasteiger charge is 2.15. The van der Waals surface area contributed by atoms with Crippen LogP contribution in [0.2, 0.25) is 0 Å². The predicted octanol–water partition coefficient (Wildman–Crippen LogP) is 0.616. The number of rotatable bonds is 2. The second-order valence-corrected chi connectivity index (χ2v) is 2.53. The summed E-state index contributed by atoms with van der Waals surface area (Å²) in [6, 6.07) is 1.95. The zero-order chi connectivity index (χ0) is 10.0. The van der Waals surface area contributed by atoms with Crippen LogP contribution >= 0.6 is 0 Å². The molecule has 70 valence electrons. The van der Waals surface area contributed by atoms with Crippen molar-refractivity contribution in [2.24, 2.45) is 5.73 Å². The molecule has 4 nitrogen and oxygen atoms in total. The molecule has 0 heterocycles. The number of hydrogen-bond acceptors (Lipinski definition) is 3.